The molecule has 0 spiro atoms. The molecule has 0 radical (unpaired) electrons. The summed E-state index contributed by atoms with van der Waals surface area (Å²) in [5.41, 5.74) is 7.78. The summed E-state index contributed by atoms with van der Waals surface area (Å²) < 4.78 is 0. The molecule has 1 fully saturated rings. The van der Waals surface area contributed by atoms with Gasteiger partial charge in [-0.2, -0.15) is 0 Å². The third-order valence-electron chi connectivity index (χ3n) is 4.01. The van der Waals surface area contributed by atoms with Gasteiger partial charge in [-0.3, -0.25) is 4.79 Å². The van der Waals surface area contributed by atoms with Crippen molar-refractivity contribution in [1.29, 1.82) is 0 Å². The SMILES string of the molecule is Cc1c(C#CCN)cccc1C(=O)N(CCO)C1CCC1. The Balaban J connectivity index is 2.28. The Kier molecular flexibility index (Phi) is 5.38. The molecule has 0 aromatic heterocycles. The number of rotatable bonds is 4. The van der Waals surface area contributed by atoms with E-state index in [4.69, 9.17) is 5.73 Å². The van der Waals surface area contributed by atoms with Crippen molar-refractivity contribution in [3.8, 4) is 11.8 Å². The summed E-state index contributed by atoms with van der Waals surface area (Å²) in [6.07, 6.45) is 3.20. The van der Waals surface area contributed by atoms with Crippen molar-refractivity contribution in [3.05, 3.63) is 34.9 Å². The van der Waals surface area contributed by atoms with Crippen LogP contribution in [0.15, 0.2) is 18.2 Å². The number of aliphatic hydroxyl groups is 1. The number of nitrogens with two attached hydrogens (primary N) is 1. The molecule has 0 heterocycles. The summed E-state index contributed by atoms with van der Waals surface area (Å²) in [6, 6.07) is 5.84. The molecule has 4 heteroatoms. The highest BCUT2D eigenvalue weighted by atomic mass is 16.3. The molecule has 112 valence electrons. The highest BCUT2D eigenvalue weighted by Gasteiger charge is 2.29. The van der Waals surface area contributed by atoms with Gasteiger partial charge in [0.15, 0.2) is 0 Å². The smallest absolute Gasteiger partial charge is 0.254 e. The Hall–Kier alpha value is -1.83. The van der Waals surface area contributed by atoms with E-state index in [0.29, 0.717) is 18.7 Å². The topological polar surface area (TPSA) is 66.6 Å². The molecule has 21 heavy (non-hydrogen) atoms. The molecule has 1 aliphatic rings. The monoisotopic (exact) mass is 286 g/mol. The van der Waals surface area contributed by atoms with E-state index in [0.717, 1.165) is 30.4 Å². The van der Waals surface area contributed by atoms with Gasteiger partial charge in [-0.05, 0) is 43.9 Å². The standard InChI is InChI=1S/C17H22N2O2/c1-13-14(6-4-10-18)5-2-9-16(13)17(21)19(11-12-20)15-7-3-8-15/h2,5,9,15,20H,3,7-8,10-12,18H2,1H3. The van der Waals surface area contributed by atoms with Gasteiger partial charge < -0.3 is 15.7 Å². The largest absolute Gasteiger partial charge is 0.395 e. The van der Waals surface area contributed by atoms with Crippen LogP contribution in [0.3, 0.4) is 0 Å². The van der Waals surface area contributed by atoms with E-state index in [1.807, 2.05) is 25.1 Å². The zero-order valence-electron chi connectivity index (χ0n) is 12.4. The number of benzene rings is 1. The highest BCUT2D eigenvalue weighted by molar-refractivity contribution is 5.96. The number of carbonyl (C=O) groups excluding carboxylic acids is 1. The molecule has 0 unspecified atom stereocenters. The van der Waals surface area contributed by atoms with Crippen LogP contribution in [0.2, 0.25) is 0 Å². The summed E-state index contributed by atoms with van der Waals surface area (Å²) in [7, 11) is 0. The Labute approximate surface area is 125 Å². The maximum atomic E-state index is 12.8. The van der Waals surface area contributed by atoms with E-state index in [9.17, 15) is 9.90 Å². The molecule has 2 rings (SSSR count). The molecule has 1 aliphatic carbocycles. The van der Waals surface area contributed by atoms with Crippen LogP contribution >= 0.6 is 0 Å². The second-order valence-electron chi connectivity index (χ2n) is 5.29. The van der Waals surface area contributed by atoms with Gasteiger partial charge in [0, 0.05) is 23.7 Å². The van der Waals surface area contributed by atoms with Gasteiger partial charge in [-0.25, -0.2) is 0 Å². The normalized spacial score (nSPS) is 14.0. The molecule has 1 saturated carbocycles. The van der Waals surface area contributed by atoms with Crippen LogP contribution in [0.25, 0.3) is 0 Å². The first-order valence-corrected chi connectivity index (χ1v) is 7.39. The van der Waals surface area contributed by atoms with Crippen LogP contribution in [-0.2, 0) is 0 Å². The lowest BCUT2D eigenvalue weighted by Gasteiger charge is -2.37. The van der Waals surface area contributed by atoms with E-state index in [-0.39, 0.29) is 18.6 Å². The number of aliphatic hydroxyl groups excluding tert-OH is 1. The zero-order chi connectivity index (χ0) is 15.2. The molecular formula is C17H22N2O2. The lowest BCUT2D eigenvalue weighted by molar-refractivity contribution is 0.0525. The number of amides is 1. The first-order chi connectivity index (χ1) is 10.2. The average molecular weight is 286 g/mol. The van der Waals surface area contributed by atoms with Crippen molar-refractivity contribution in [2.75, 3.05) is 19.7 Å². The Morgan fingerprint density at radius 1 is 1.48 bits per heavy atom. The van der Waals surface area contributed by atoms with E-state index in [2.05, 4.69) is 11.8 Å². The number of nitrogens with zero attached hydrogens (tertiary/aromatic N) is 1. The quantitative estimate of drug-likeness (QED) is 0.820. The van der Waals surface area contributed by atoms with Gasteiger partial charge in [-0.15, -0.1) is 0 Å². The molecule has 1 aromatic rings. The third-order valence-corrected chi connectivity index (χ3v) is 4.01. The average Bonchev–Trinajstić information content (AvgIpc) is 2.43. The fourth-order valence-corrected chi connectivity index (χ4v) is 2.56. The van der Waals surface area contributed by atoms with Crippen molar-refractivity contribution in [1.82, 2.24) is 4.90 Å². The van der Waals surface area contributed by atoms with Crippen LogP contribution in [0.1, 0.15) is 40.7 Å². The second kappa shape index (κ2) is 7.26. The zero-order valence-corrected chi connectivity index (χ0v) is 12.4. The predicted molar refractivity (Wildman–Crippen MR) is 82.9 cm³/mol. The van der Waals surface area contributed by atoms with Crippen molar-refractivity contribution < 1.29 is 9.90 Å². The molecule has 0 atom stereocenters. The van der Waals surface area contributed by atoms with Crippen LogP contribution in [0, 0.1) is 18.8 Å². The van der Waals surface area contributed by atoms with Crippen molar-refractivity contribution in [3.63, 3.8) is 0 Å². The first kappa shape index (κ1) is 15.6. The van der Waals surface area contributed by atoms with Gasteiger partial charge in [0.2, 0.25) is 0 Å². The minimum Gasteiger partial charge on any atom is -0.395 e. The van der Waals surface area contributed by atoms with E-state index >= 15 is 0 Å². The minimum absolute atomic E-state index is 0.00599. The molecular weight excluding hydrogens is 264 g/mol. The maximum absolute atomic E-state index is 12.8. The fourth-order valence-electron chi connectivity index (χ4n) is 2.56. The number of hydrogen-bond acceptors (Lipinski definition) is 3. The van der Waals surface area contributed by atoms with Gasteiger partial charge in [0.1, 0.15) is 0 Å². The summed E-state index contributed by atoms with van der Waals surface area (Å²) in [6.45, 7) is 2.59. The minimum atomic E-state index is -0.0114. The maximum Gasteiger partial charge on any atom is 0.254 e. The van der Waals surface area contributed by atoms with Crippen LogP contribution in [0.4, 0.5) is 0 Å². The number of hydrogen-bond donors (Lipinski definition) is 2. The predicted octanol–water partition coefficient (Wildman–Crippen LogP) is 1.29. The van der Waals surface area contributed by atoms with Crippen molar-refractivity contribution in [2.24, 2.45) is 5.73 Å². The summed E-state index contributed by atoms with van der Waals surface area (Å²) in [5, 5.41) is 9.21. The Morgan fingerprint density at radius 3 is 2.81 bits per heavy atom. The summed E-state index contributed by atoms with van der Waals surface area (Å²) in [5.74, 6) is 5.81. The molecule has 3 N–H and O–H groups in total. The molecule has 1 amide bonds. The van der Waals surface area contributed by atoms with Crippen LogP contribution < -0.4 is 5.73 Å². The second-order valence-corrected chi connectivity index (χ2v) is 5.29. The molecule has 1 aromatic carbocycles. The lowest BCUT2D eigenvalue weighted by Crippen LogP contribution is -2.45. The van der Waals surface area contributed by atoms with Crippen LogP contribution in [-0.4, -0.2) is 41.7 Å². The van der Waals surface area contributed by atoms with Gasteiger partial charge >= 0.3 is 0 Å². The lowest BCUT2D eigenvalue weighted by atomic mass is 9.90. The van der Waals surface area contributed by atoms with Gasteiger partial charge in [-0.1, -0.05) is 17.9 Å². The Morgan fingerprint density at radius 2 is 2.24 bits per heavy atom. The summed E-state index contributed by atoms with van der Waals surface area (Å²) in [4.78, 5) is 14.6. The number of carbonyl (C=O) groups is 1. The van der Waals surface area contributed by atoms with E-state index in [1.165, 1.54) is 0 Å². The molecule has 0 saturated heterocycles. The van der Waals surface area contributed by atoms with Crippen molar-refractivity contribution >= 4 is 5.91 Å². The third kappa shape index (κ3) is 3.44. The van der Waals surface area contributed by atoms with E-state index < -0.39 is 0 Å². The van der Waals surface area contributed by atoms with Gasteiger partial charge in [0.25, 0.3) is 5.91 Å². The van der Waals surface area contributed by atoms with Gasteiger partial charge in [0.05, 0.1) is 13.2 Å². The molecule has 0 aliphatic heterocycles. The van der Waals surface area contributed by atoms with E-state index in [1.54, 1.807) is 4.90 Å². The summed E-state index contributed by atoms with van der Waals surface area (Å²) >= 11 is 0. The highest BCUT2D eigenvalue weighted by Crippen LogP contribution is 2.27. The van der Waals surface area contributed by atoms with Crippen LogP contribution in [0.5, 0.6) is 0 Å². The first-order valence-electron chi connectivity index (χ1n) is 7.39. The molecule has 4 nitrogen and oxygen atoms in total. The van der Waals surface area contributed by atoms with Crippen molar-refractivity contribution in [2.45, 2.75) is 32.2 Å². The Bertz CT molecular complexity index is 568. The fraction of sp³-hybridized carbons (Fsp3) is 0.471. The molecule has 0 bridgehead atoms.